The Morgan fingerprint density at radius 2 is 0.809 bits per heavy atom. The van der Waals surface area contributed by atoms with Crippen LogP contribution in [0.1, 0.15) is 49.2 Å². The molecule has 7 heteroatoms. The van der Waals surface area contributed by atoms with Gasteiger partial charge in [-0.1, -0.05) is 135 Å². The predicted octanol–water partition coefficient (Wildman–Crippen LogP) is 21.0. The second-order valence-corrected chi connectivity index (χ2v) is 23.9. The molecule has 0 aliphatic heterocycles. The van der Waals surface area contributed by atoms with Crippen molar-refractivity contribution in [1.29, 1.82) is 0 Å². The number of pyridine rings is 4. The Balaban J connectivity index is 0.846. The maximum Gasteiger partial charge on any atom is 0.135 e. The van der Waals surface area contributed by atoms with Crippen molar-refractivity contribution < 1.29 is 4.42 Å². The SMILES string of the molecule is CC1C=C(c2ccc3c(c2)c2cc(-c4ccccc4-c4ccccn4)ccc2n3-c2ccc3oc4ccc(-n5c6ccc(C7=C(c8ccccn8)C=CC(C)C7)cc6c6cc(-c7ccccc7-c7ccccn7)ccc65)cc4c3c2)C(c2ccccn2)=CC1. The first-order valence-electron chi connectivity index (χ1n) is 30.8. The normalized spacial score (nSPS) is 15.3. The number of benzene rings is 8. The first kappa shape index (κ1) is 52.1. The molecule has 0 amide bonds. The molecule has 15 aromatic rings. The van der Waals surface area contributed by atoms with Gasteiger partial charge in [0.25, 0.3) is 0 Å². The number of allylic oxidation sites excluding steroid dienone is 8. The first-order valence-corrected chi connectivity index (χ1v) is 30.8. The molecule has 0 N–H and O–H groups in total. The van der Waals surface area contributed by atoms with Crippen LogP contribution in [-0.2, 0) is 0 Å². The molecule has 0 saturated heterocycles. The maximum absolute atomic E-state index is 6.79. The number of hydrogen-bond donors (Lipinski definition) is 0. The predicted molar refractivity (Wildman–Crippen MR) is 368 cm³/mol. The Morgan fingerprint density at radius 3 is 1.31 bits per heavy atom. The van der Waals surface area contributed by atoms with Gasteiger partial charge in [0.05, 0.1) is 44.8 Å². The van der Waals surface area contributed by atoms with Gasteiger partial charge in [-0.05, 0) is 203 Å². The monoisotopic (exact) mass is 1140 g/mol. The summed E-state index contributed by atoms with van der Waals surface area (Å²) in [6.07, 6.45) is 18.8. The summed E-state index contributed by atoms with van der Waals surface area (Å²) < 4.78 is 11.7. The van der Waals surface area contributed by atoms with Crippen molar-refractivity contribution in [1.82, 2.24) is 29.1 Å². The standard InChI is InChI=1S/C82H58N6O/c1-51-23-31-63(75-21-9-13-41-85-75)65(43-51)55-27-35-79-69(47-55)67-45-53(59-15-3-5-17-61(59)73-19-7-11-39-83-73)25-33-77(67)87(79)57-29-37-81-71(49-57)72-50-58(30-38-82(72)89-81)88-78-34-26-54(60-16-4-6-18-62(60)74-20-8-12-40-84-74)46-68(78)70-48-56(28-36-80(70)88)66-44-52(2)24-32-64(66)76-22-10-14-42-86-76/h3-23,25-42,44-52H,24,43H2,1-2H3. The molecule has 2 atom stereocenters. The summed E-state index contributed by atoms with van der Waals surface area (Å²) in [5.74, 6) is 0.779. The van der Waals surface area contributed by atoms with Gasteiger partial charge in [-0.2, -0.15) is 0 Å². The summed E-state index contributed by atoms with van der Waals surface area (Å²) in [6, 6.07) is 83.2. The van der Waals surface area contributed by atoms with Gasteiger partial charge >= 0.3 is 0 Å². The molecular formula is C82H58N6O. The van der Waals surface area contributed by atoms with E-state index < -0.39 is 0 Å². The van der Waals surface area contributed by atoms with Gasteiger partial charge in [-0.15, -0.1) is 0 Å². The molecule has 0 spiro atoms. The average Bonchev–Trinajstić information content (AvgIpc) is 1.66. The van der Waals surface area contributed by atoms with E-state index >= 15 is 0 Å². The quantitative estimate of drug-likeness (QED) is 0.136. The molecule has 7 aromatic heterocycles. The van der Waals surface area contributed by atoms with Crippen molar-refractivity contribution in [2.24, 2.45) is 11.8 Å². The number of aromatic nitrogens is 6. The molecule has 7 nitrogen and oxygen atoms in total. The maximum atomic E-state index is 6.79. The molecule has 8 aromatic carbocycles. The van der Waals surface area contributed by atoms with Crippen LogP contribution in [0.4, 0.5) is 0 Å². The van der Waals surface area contributed by atoms with Gasteiger partial charge in [0, 0.05) is 90.8 Å². The summed E-state index contributed by atoms with van der Waals surface area (Å²) in [6.45, 7) is 4.60. The van der Waals surface area contributed by atoms with Crippen LogP contribution in [0.25, 0.3) is 144 Å². The minimum Gasteiger partial charge on any atom is -0.456 e. The van der Waals surface area contributed by atoms with E-state index in [1.807, 2.05) is 49.1 Å². The third kappa shape index (κ3) is 8.95. The number of rotatable bonds is 10. The minimum absolute atomic E-state index is 0.389. The third-order valence-electron chi connectivity index (χ3n) is 18.3. The number of furan rings is 1. The molecule has 2 unspecified atom stereocenters. The third-order valence-corrected chi connectivity index (χ3v) is 18.3. The van der Waals surface area contributed by atoms with Crippen LogP contribution < -0.4 is 0 Å². The second-order valence-electron chi connectivity index (χ2n) is 23.9. The molecule has 0 fully saturated rings. The fraction of sp³-hybridized carbons (Fsp3) is 0.0732. The molecular weight excluding hydrogens is 1080 g/mol. The van der Waals surface area contributed by atoms with E-state index in [1.54, 1.807) is 0 Å². The van der Waals surface area contributed by atoms with Gasteiger partial charge < -0.3 is 13.6 Å². The Bertz CT molecular complexity index is 5450. The zero-order valence-corrected chi connectivity index (χ0v) is 49.2. The van der Waals surface area contributed by atoms with Crippen molar-refractivity contribution >= 4 is 87.8 Å². The summed E-state index contributed by atoms with van der Waals surface area (Å²) in [5, 5.41) is 6.78. The Hall–Kier alpha value is -11.3. The van der Waals surface area contributed by atoms with Crippen LogP contribution >= 0.6 is 0 Å². The summed E-state index contributed by atoms with van der Waals surface area (Å²) in [5.41, 5.74) is 26.1. The van der Waals surface area contributed by atoms with Gasteiger partial charge in [0.15, 0.2) is 0 Å². The first-order chi connectivity index (χ1) is 43.9. The van der Waals surface area contributed by atoms with E-state index in [9.17, 15) is 0 Å². The highest BCUT2D eigenvalue weighted by molar-refractivity contribution is 6.16. The molecule has 2 aliphatic carbocycles. The lowest BCUT2D eigenvalue weighted by Crippen LogP contribution is -2.03. The molecule has 2 aliphatic rings. The van der Waals surface area contributed by atoms with Crippen LogP contribution in [0, 0.1) is 11.8 Å². The van der Waals surface area contributed by atoms with Crippen molar-refractivity contribution in [3.8, 4) is 56.1 Å². The van der Waals surface area contributed by atoms with Crippen LogP contribution in [-0.4, -0.2) is 29.1 Å². The largest absolute Gasteiger partial charge is 0.456 e. The van der Waals surface area contributed by atoms with Crippen molar-refractivity contribution in [3.05, 3.63) is 302 Å². The van der Waals surface area contributed by atoms with Gasteiger partial charge in [-0.3, -0.25) is 19.9 Å². The van der Waals surface area contributed by atoms with E-state index in [0.29, 0.717) is 11.8 Å². The Kier molecular flexibility index (Phi) is 12.5. The van der Waals surface area contributed by atoms with Crippen LogP contribution in [0.3, 0.4) is 0 Å². The number of nitrogens with zero attached hydrogens (tertiary/aromatic N) is 6. The lowest BCUT2D eigenvalue weighted by molar-refractivity contribution is 0.669. The van der Waals surface area contributed by atoms with E-state index in [2.05, 4.69) is 254 Å². The minimum atomic E-state index is 0.389. The molecule has 0 saturated carbocycles. The van der Waals surface area contributed by atoms with Crippen molar-refractivity contribution in [2.45, 2.75) is 26.7 Å². The Morgan fingerprint density at radius 1 is 0.371 bits per heavy atom. The van der Waals surface area contributed by atoms with E-state index in [0.717, 1.165) is 124 Å². The fourth-order valence-corrected chi connectivity index (χ4v) is 14.1. The number of hydrogen-bond acceptors (Lipinski definition) is 5. The van der Waals surface area contributed by atoms with Gasteiger partial charge in [0.1, 0.15) is 11.2 Å². The molecule has 17 rings (SSSR count). The lowest BCUT2D eigenvalue weighted by Gasteiger charge is -2.20. The highest BCUT2D eigenvalue weighted by atomic mass is 16.3. The molecule has 422 valence electrons. The Labute approximate surface area is 515 Å². The summed E-state index contributed by atoms with van der Waals surface area (Å²) in [7, 11) is 0. The molecule has 7 heterocycles. The van der Waals surface area contributed by atoms with Crippen LogP contribution in [0.15, 0.2) is 284 Å². The zero-order valence-electron chi connectivity index (χ0n) is 49.2. The summed E-state index contributed by atoms with van der Waals surface area (Å²) in [4.78, 5) is 19.3. The number of fused-ring (bicyclic) bond motifs is 9. The summed E-state index contributed by atoms with van der Waals surface area (Å²) >= 11 is 0. The smallest absolute Gasteiger partial charge is 0.135 e. The fourth-order valence-electron chi connectivity index (χ4n) is 14.1. The highest BCUT2D eigenvalue weighted by Crippen LogP contribution is 2.46. The molecule has 0 radical (unpaired) electrons. The molecule has 0 bridgehead atoms. The lowest BCUT2D eigenvalue weighted by atomic mass is 9.85. The van der Waals surface area contributed by atoms with E-state index in [1.165, 1.54) is 55.0 Å². The van der Waals surface area contributed by atoms with Crippen LogP contribution in [0.5, 0.6) is 0 Å². The topological polar surface area (TPSA) is 74.6 Å². The zero-order chi connectivity index (χ0) is 59.1. The highest BCUT2D eigenvalue weighted by Gasteiger charge is 2.25. The van der Waals surface area contributed by atoms with Gasteiger partial charge in [0.2, 0.25) is 0 Å². The van der Waals surface area contributed by atoms with E-state index in [-0.39, 0.29) is 0 Å². The van der Waals surface area contributed by atoms with Gasteiger partial charge in [-0.25, -0.2) is 0 Å². The average molecular weight is 1140 g/mol. The van der Waals surface area contributed by atoms with E-state index in [4.69, 9.17) is 24.4 Å². The van der Waals surface area contributed by atoms with Crippen molar-refractivity contribution in [3.63, 3.8) is 0 Å². The van der Waals surface area contributed by atoms with Crippen LogP contribution in [0.2, 0.25) is 0 Å². The van der Waals surface area contributed by atoms with Crippen molar-refractivity contribution in [2.75, 3.05) is 0 Å². The second kappa shape index (κ2) is 21.3. The molecule has 89 heavy (non-hydrogen) atoms.